The van der Waals surface area contributed by atoms with Crippen LogP contribution in [0.25, 0.3) is 0 Å². The average molecular weight is 760 g/mol. The number of carbonyl (C=O) groups is 4. The van der Waals surface area contributed by atoms with Crippen molar-refractivity contribution >= 4 is 39.6 Å². The fraction of sp³-hybridized carbons (Fsp3) is 0.622. The molecule has 8 atom stereocenters. The smallest absolute Gasteiger partial charge is 0.313 e. The number of nitrogens with zero attached hydrogens (tertiary/aromatic N) is 3. The minimum absolute atomic E-state index is 0.0400. The molecule has 4 fully saturated rings. The number of halogens is 1. The number of hydrogen-bond donors (Lipinski definition) is 2. The molecular formula is C37H51BrN4O8. The second-order valence-electron chi connectivity index (χ2n) is 13.9. The SMILES string of the molecule is C=CCCC(=O)NC[C@H](OC(=O)[C@@H]1[C@H]2O[C@@]3(CC2Br)[C@H](C(=O)N(CC=C)CCN2CCOCC2)N([C@@H](CO)C(C)C)C(=O)[C@@H]13)c1ccccc1. The Morgan fingerprint density at radius 2 is 1.90 bits per heavy atom. The zero-order chi connectivity index (χ0) is 36.0. The lowest BCUT2D eigenvalue weighted by atomic mass is 9.70. The average Bonchev–Trinajstić information content (AvgIpc) is 3.71. The van der Waals surface area contributed by atoms with Gasteiger partial charge in [0.05, 0.1) is 50.3 Å². The number of allylic oxidation sites excluding steroid dienone is 1. The van der Waals surface area contributed by atoms with Crippen LogP contribution in [0.1, 0.15) is 44.8 Å². The van der Waals surface area contributed by atoms with Gasteiger partial charge in [0.1, 0.15) is 17.7 Å². The molecule has 4 aliphatic rings. The Morgan fingerprint density at radius 1 is 1.18 bits per heavy atom. The van der Waals surface area contributed by atoms with Crippen LogP contribution in [0.15, 0.2) is 55.6 Å². The predicted octanol–water partition coefficient (Wildman–Crippen LogP) is 2.47. The van der Waals surface area contributed by atoms with E-state index in [-0.39, 0.29) is 48.7 Å². The van der Waals surface area contributed by atoms with Crippen LogP contribution in [0, 0.1) is 17.8 Å². The van der Waals surface area contributed by atoms with E-state index in [9.17, 15) is 24.3 Å². The number of esters is 1. The number of rotatable bonds is 17. The van der Waals surface area contributed by atoms with Gasteiger partial charge in [-0.15, -0.1) is 13.2 Å². The number of carbonyl (C=O) groups excluding carboxylic acids is 4. The monoisotopic (exact) mass is 758 g/mol. The van der Waals surface area contributed by atoms with E-state index in [2.05, 4.69) is 39.3 Å². The molecule has 12 nitrogen and oxygen atoms in total. The van der Waals surface area contributed by atoms with Crippen molar-refractivity contribution in [2.24, 2.45) is 17.8 Å². The van der Waals surface area contributed by atoms with Crippen LogP contribution in [-0.2, 0) is 33.4 Å². The van der Waals surface area contributed by atoms with E-state index in [4.69, 9.17) is 14.2 Å². The van der Waals surface area contributed by atoms with Gasteiger partial charge in [-0.05, 0) is 24.3 Å². The number of likely N-dealkylation sites (tertiary alicyclic amines) is 1. The van der Waals surface area contributed by atoms with Gasteiger partial charge in [0.25, 0.3) is 0 Å². The van der Waals surface area contributed by atoms with Crippen molar-refractivity contribution < 1.29 is 38.5 Å². The van der Waals surface area contributed by atoms with Gasteiger partial charge in [-0.1, -0.05) is 72.3 Å². The highest BCUT2D eigenvalue weighted by Gasteiger charge is 2.77. The Balaban J connectivity index is 1.46. The third-order valence-electron chi connectivity index (χ3n) is 10.5. The van der Waals surface area contributed by atoms with Crippen LogP contribution >= 0.6 is 15.9 Å². The standard InChI is InChI=1S/C37H51BrN4O8/c1-5-7-13-29(44)39-22-28(25-11-9-8-10-12-25)49-36(47)30-31-34(45)42(27(23-43)24(3)4)33(37(31)21-26(38)32(30)50-37)35(46)41(14-6-2)16-15-40-17-19-48-20-18-40/h5-6,8-12,24,26-28,30-33,43H,1-2,7,13-23H2,3-4H3,(H,39,44)/t26?,27-,28-,30-,31+,32-,33-,37+/m0/s1. The summed E-state index contributed by atoms with van der Waals surface area (Å²) in [6.45, 7) is 15.1. The van der Waals surface area contributed by atoms with E-state index in [0.29, 0.717) is 44.7 Å². The minimum Gasteiger partial charge on any atom is -0.455 e. The van der Waals surface area contributed by atoms with E-state index in [1.807, 2.05) is 44.2 Å². The van der Waals surface area contributed by atoms with Crippen molar-refractivity contribution in [1.29, 1.82) is 0 Å². The lowest BCUT2D eigenvalue weighted by Crippen LogP contribution is -2.60. The molecule has 0 saturated carbocycles. The van der Waals surface area contributed by atoms with E-state index in [0.717, 1.165) is 13.1 Å². The summed E-state index contributed by atoms with van der Waals surface area (Å²) in [4.78, 5) is 61.4. The maximum absolute atomic E-state index is 14.8. The molecule has 2 bridgehead atoms. The normalized spacial score (nSPS) is 28.6. The fourth-order valence-electron chi connectivity index (χ4n) is 7.94. The number of aliphatic hydroxyl groups is 1. The Morgan fingerprint density at radius 3 is 2.54 bits per heavy atom. The minimum atomic E-state index is -1.32. The summed E-state index contributed by atoms with van der Waals surface area (Å²) in [6, 6.07) is 7.37. The van der Waals surface area contributed by atoms with Crippen LogP contribution in [0.2, 0.25) is 0 Å². The summed E-state index contributed by atoms with van der Waals surface area (Å²) in [5.74, 6) is -3.75. The summed E-state index contributed by atoms with van der Waals surface area (Å²) >= 11 is 3.73. The van der Waals surface area contributed by atoms with Gasteiger partial charge in [0.15, 0.2) is 0 Å². The van der Waals surface area contributed by atoms with Crippen LogP contribution in [0.5, 0.6) is 0 Å². The molecule has 1 aromatic carbocycles. The summed E-state index contributed by atoms with van der Waals surface area (Å²) in [6.07, 6.45) is 2.88. The first kappa shape index (κ1) is 38.1. The number of ether oxygens (including phenoxy) is 3. The first-order valence-electron chi connectivity index (χ1n) is 17.7. The molecule has 1 aromatic rings. The zero-order valence-electron chi connectivity index (χ0n) is 29.1. The van der Waals surface area contributed by atoms with Crippen molar-refractivity contribution in [3.05, 3.63) is 61.2 Å². The van der Waals surface area contributed by atoms with E-state index in [1.165, 1.54) is 4.90 Å². The van der Waals surface area contributed by atoms with Gasteiger partial charge in [-0.25, -0.2) is 0 Å². The Labute approximate surface area is 303 Å². The zero-order valence-corrected chi connectivity index (χ0v) is 30.7. The molecule has 0 radical (unpaired) electrons. The number of aliphatic hydroxyl groups excluding tert-OH is 1. The van der Waals surface area contributed by atoms with Gasteiger partial charge >= 0.3 is 5.97 Å². The largest absolute Gasteiger partial charge is 0.455 e. The second kappa shape index (κ2) is 16.9. The molecule has 4 saturated heterocycles. The molecule has 4 heterocycles. The number of hydrogen-bond acceptors (Lipinski definition) is 9. The van der Waals surface area contributed by atoms with Gasteiger partial charge in [-0.3, -0.25) is 24.1 Å². The summed E-state index contributed by atoms with van der Waals surface area (Å²) in [5, 5.41) is 13.5. The van der Waals surface area contributed by atoms with Crippen molar-refractivity contribution in [2.75, 3.05) is 59.1 Å². The lowest BCUT2D eigenvalue weighted by Gasteiger charge is -2.41. The first-order chi connectivity index (χ1) is 24.1. The van der Waals surface area contributed by atoms with Gasteiger partial charge < -0.3 is 34.4 Å². The Hall–Kier alpha value is -3.10. The Bertz CT molecular complexity index is 1390. The van der Waals surface area contributed by atoms with Crippen molar-refractivity contribution in [1.82, 2.24) is 20.0 Å². The van der Waals surface area contributed by atoms with Crippen LogP contribution < -0.4 is 5.32 Å². The number of benzene rings is 1. The maximum atomic E-state index is 14.8. The molecule has 1 spiro atoms. The second-order valence-corrected chi connectivity index (χ2v) is 15.1. The molecule has 2 N–H and O–H groups in total. The van der Waals surface area contributed by atoms with Gasteiger partial charge in [-0.2, -0.15) is 0 Å². The van der Waals surface area contributed by atoms with Crippen molar-refractivity contribution in [3.8, 4) is 0 Å². The maximum Gasteiger partial charge on any atom is 0.313 e. The molecule has 0 aromatic heterocycles. The predicted molar refractivity (Wildman–Crippen MR) is 190 cm³/mol. The van der Waals surface area contributed by atoms with Crippen LogP contribution in [-0.4, -0.2) is 131 Å². The molecule has 274 valence electrons. The summed E-state index contributed by atoms with van der Waals surface area (Å²) < 4.78 is 18.4. The number of alkyl halides is 1. The highest BCUT2D eigenvalue weighted by Crippen LogP contribution is 2.61. The summed E-state index contributed by atoms with van der Waals surface area (Å²) in [5.41, 5.74) is -0.634. The Kier molecular flexibility index (Phi) is 12.9. The number of amides is 3. The van der Waals surface area contributed by atoms with E-state index in [1.54, 1.807) is 17.1 Å². The number of fused-ring (bicyclic) bond motifs is 1. The van der Waals surface area contributed by atoms with E-state index >= 15 is 0 Å². The van der Waals surface area contributed by atoms with Crippen LogP contribution in [0.3, 0.4) is 0 Å². The molecular weight excluding hydrogens is 708 g/mol. The topological polar surface area (TPSA) is 138 Å². The number of morpholine rings is 1. The quantitative estimate of drug-likeness (QED) is 0.140. The van der Waals surface area contributed by atoms with Crippen molar-refractivity contribution in [3.63, 3.8) is 0 Å². The molecule has 50 heavy (non-hydrogen) atoms. The van der Waals surface area contributed by atoms with E-state index < -0.39 is 53.6 Å². The first-order valence-corrected chi connectivity index (χ1v) is 18.6. The van der Waals surface area contributed by atoms with Crippen LogP contribution in [0.4, 0.5) is 0 Å². The molecule has 0 aliphatic carbocycles. The molecule has 13 heteroatoms. The molecule has 3 amide bonds. The highest BCUT2D eigenvalue weighted by molar-refractivity contribution is 9.09. The van der Waals surface area contributed by atoms with Gasteiger partial charge in [0.2, 0.25) is 17.7 Å². The summed E-state index contributed by atoms with van der Waals surface area (Å²) in [7, 11) is 0. The third-order valence-corrected chi connectivity index (χ3v) is 11.3. The highest BCUT2D eigenvalue weighted by atomic mass is 79.9. The lowest BCUT2D eigenvalue weighted by molar-refractivity contribution is -0.161. The molecule has 5 rings (SSSR count). The molecule has 4 aliphatic heterocycles. The molecule has 1 unspecified atom stereocenters. The third kappa shape index (κ3) is 7.72. The fourth-order valence-corrected chi connectivity index (χ4v) is 8.89. The number of nitrogens with one attached hydrogen (secondary N) is 1. The van der Waals surface area contributed by atoms with Gasteiger partial charge in [0, 0.05) is 44.0 Å². The van der Waals surface area contributed by atoms with Crippen molar-refractivity contribution in [2.45, 2.75) is 67.8 Å².